The van der Waals surface area contributed by atoms with Crippen LogP contribution in [0, 0.1) is 0 Å². The third-order valence-electron chi connectivity index (χ3n) is 1.81. The zero-order valence-corrected chi connectivity index (χ0v) is 10.3. The van der Waals surface area contributed by atoms with E-state index in [1.807, 2.05) is 0 Å². The van der Waals surface area contributed by atoms with Crippen molar-refractivity contribution in [2.45, 2.75) is 6.54 Å². The van der Waals surface area contributed by atoms with Gasteiger partial charge in [-0.15, -0.1) is 11.6 Å². The molecule has 0 aliphatic heterocycles. The molecule has 1 heterocycles. The van der Waals surface area contributed by atoms with Gasteiger partial charge in [-0.05, 0) is 11.6 Å². The van der Waals surface area contributed by atoms with Crippen molar-refractivity contribution >= 4 is 33.2 Å². The lowest BCUT2D eigenvalue weighted by atomic mass is 10.3. The summed E-state index contributed by atoms with van der Waals surface area (Å²) in [6.45, 7) is 0.235. The van der Waals surface area contributed by atoms with Crippen molar-refractivity contribution in [3.8, 4) is 0 Å². The summed E-state index contributed by atoms with van der Waals surface area (Å²) in [5.41, 5.74) is 0.760. The maximum atomic E-state index is 11.3. The third kappa shape index (κ3) is 3.61. The van der Waals surface area contributed by atoms with Crippen LogP contribution in [0.1, 0.15) is 5.56 Å². The number of sulfonamides is 1. The number of pyridine rings is 1. The quantitative estimate of drug-likeness (QED) is 0.617. The molecule has 0 spiro atoms. The smallest absolute Gasteiger partial charge is 0.228 e. The summed E-state index contributed by atoms with van der Waals surface area (Å²) in [7, 11) is -1.90. The van der Waals surface area contributed by atoms with Gasteiger partial charge in [-0.2, -0.15) is 4.31 Å². The monoisotopic (exact) mass is 268 g/mol. The zero-order valence-electron chi connectivity index (χ0n) is 8.02. The third-order valence-corrected chi connectivity index (χ3v) is 4.21. The number of aromatic nitrogens is 1. The van der Waals surface area contributed by atoms with Gasteiger partial charge in [0.15, 0.2) is 0 Å². The average molecular weight is 269 g/mol. The highest BCUT2D eigenvalue weighted by Gasteiger charge is 2.16. The Hall–Kier alpha value is -0.360. The summed E-state index contributed by atoms with van der Waals surface area (Å²) in [6.07, 6.45) is 1.53. The van der Waals surface area contributed by atoms with Crippen LogP contribution in [0.5, 0.6) is 0 Å². The molecule has 0 aromatic carbocycles. The standard InChI is InChI=1S/C8H10Cl2N2O2S/c1-12(15(13,14)6-9)5-7-2-3-8(10)11-4-7/h2-4H,5-6H2,1H3. The molecule has 4 nitrogen and oxygen atoms in total. The van der Waals surface area contributed by atoms with Crippen molar-refractivity contribution in [2.24, 2.45) is 0 Å². The second kappa shape index (κ2) is 5.12. The van der Waals surface area contributed by atoms with E-state index in [4.69, 9.17) is 23.2 Å². The molecule has 0 amide bonds. The van der Waals surface area contributed by atoms with E-state index in [1.54, 1.807) is 12.1 Å². The number of rotatable bonds is 4. The first-order valence-corrected chi connectivity index (χ1v) is 6.58. The molecular weight excluding hydrogens is 259 g/mol. The first kappa shape index (κ1) is 12.7. The Morgan fingerprint density at radius 1 is 1.47 bits per heavy atom. The zero-order chi connectivity index (χ0) is 11.5. The van der Waals surface area contributed by atoms with Crippen molar-refractivity contribution in [3.63, 3.8) is 0 Å². The summed E-state index contributed by atoms with van der Waals surface area (Å²) in [5.74, 6) is 0. The fourth-order valence-electron chi connectivity index (χ4n) is 0.939. The van der Waals surface area contributed by atoms with Gasteiger partial charge in [-0.25, -0.2) is 13.4 Å². The van der Waals surface area contributed by atoms with Gasteiger partial charge in [0.25, 0.3) is 0 Å². The molecule has 0 aliphatic carbocycles. The predicted octanol–water partition coefficient (Wildman–Crippen LogP) is 1.69. The molecule has 0 unspecified atom stereocenters. The lowest BCUT2D eigenvalue weighted by Gasteiger charge is -2.14. The first-order valence-electron chi connectivity index (χ1n) is 4.06. The number of halogens is 2. The summed E-state index contributed by atoms with van der Waals surface area (Å²) in [6, 6.07) is 3.33. The van der Waals surface area contributed by atoms with Gasteiger partial charge in [0.1, 0.15) is 10.4 Å². The molecule has 0 radical (unpaired) electrons. The van der Waals surface area contributed by atoms with Crippen LogP contribution in [0.25, 0.3) is 0 Å². The summed E-state index contributed by atoms with van der Waals surface area (Å²) >= 11 is 10.9. The SMILES string of the molecule is CN(Cc1ccc(Cl)nc1)S(=O)(=O)CCl. The average Bonchev–Trinajstić information content (AvgIpc) is 2.21. The van der Waals surface area contributed by atoms with E-state index in [2.05, 4.69) is 4.98 Å². The highest BCUT2D eigenvalue weighted by atomic mass is 35.5. The Morgan fingerprint density at radius 3 is 2.60 bits per heavy atom. The van der Waals surface area contributed by atoms with Crippen LogP contribution in [-0.4, -0.2) is 30.0 Å². The van der Waals surface area contributed by atoms with Crippen LogP contribution >= 0.6 is 23.2 Å². The minimum absolute atomic E-state index is 0.235. The molecule has 0 atom stereocenters. The topological polar surface area (TPSA) is 50.3 Å². The number of hydrogen-bond donors (Lipinski definition) is 0. The van der Waals surface area contributed by atoms with E-state index in [0.29, 0.717) is 5.15 Å². The van der Waals surface area contributed by atoms with Gasteiger partial charge in [0.05, 0.1) is 0 Å². The maximum Gasteiger partial charge on any atom is 0.228 e. The van der Waals surface area contributed by atoms with Crippen LogP contribution in [0.4, 0.5) is 0 Å². The molecule has 0 saturated carbocycles. The molecule has 7 heteroatoms. The molecule has 1 rings (SSSR count). The lowest BCUT2D eigenvalue weighted by molar-refractivity contribution is 0.470. The molecule has 0 N–H and O–H groups in total. The van der Waals surface area contributed by atoms with Crippen LogP contribution in [-0.2, 0) is 16.6 Å². The van der Waals surface area contributed by atoms with E-state index in [-0.39, 0.29) is 6.54 Å². The second-order valence-electron chi connectivity index (χ2n) is 2.97. The normalized spacial score (nSPS) is 12.0. The van der Waals surface area contributed by atoms with Gasteiger partial charge in [-0.3, -0.25) is 0 Å². The summed E-state index contributed by atoms with van der Waals surface area (Å²) in [5, 5.41) is -0.0496. The molecule has 0 aliphatic rings. The van der Waals surface area contributed by atoms with E-state index < -0.39 is 15.2 Å². The Balaban J connectivity index is 2.75. The van der Waals surface area contributed by atoms with E-state index >= 15 is 0 Å². The van der Waals surface area contributed by atoms with Gasteiger partial charge >= 0.3 is 0 Å². The molecule has 0 fully saturated rings. The van der Waals surface area contributed by atoms with Crippen molar-refractivity contribution < 1.29 is 8.42 Å². The maximum absolute atomic E-state index is 11.3. The Labute approximate surface area is 98.9 Å². The minimum atomic E-state index is -3.37. The summed E-state index contributed by atoms with van der Waals surface area (Å²) in [4.78, 5) is 3.85. The molecule has 0 saturated heterocycles. The van der Waals surface area contributed by atoms with Gasteiger partial charge < -0.3 is 0 Å². The van der Waals surface area contributed by atoms with Gasteiger partial charge in [-0.1, -0.05) is 17.7 Å². The van der Waals surface area contributed by atoms with Gasteiger partial charge in [0.2, 0.25) is 10.0 Å². The van der Waals surface area contributed by atoms with E-state index in [0.717, 1.165) is 5.56 Å². The lowest BCUT2D eigenvalue weighted by Crippen LogP contribution is -2.27. The van der Waals surface area contributed by atoms with Crippen LogP contribution < -0.4 is 0 Å². The largest absolute Gasteiger partial charge is 0.244 e. The molecular formula is C8H10Cl2N2O2S. The predicted molar refractivity (Wildman–Crippen MR) is 60.4 cm³/mol. The van der Waals surface area contributed by atoms with Crippen molar-refractivity contribution in [1.29, 1.82) is 0 Å². The molecule has 84 valence electrons. The minimum Gasteiger partial charge on any atom is -0.244 e. The number of nitrogens with zero attached hydrogens (tertiary/aromatic N) is 2. The number of hydrogen-bond acceptors (Lipinski definition) is 3. The van der Waals surface area contributed by atoms with Crippen molar-refractivity contribution in [1.82, 2.24) is 9.29 Å². The molecule has 1 aromatic heterocycles. The number of alkyl halides is 1. The Morgan fingerprint density at radius 2 is 2.13 bits per heavy atom. The highest BCUT2D eigenvalue weighted by Crippen LogP contribution is 2.10. The molecule has 15 heavy (non-hydrogen) atoms. The van der Waals surface area contributed by atoms with E-state index in [1.165, 1.54) is 17.5 Å². The van der Waals surface area contributed by atoms with Crippen molar-refractivity contribution in [2.75, 3.05) is 12.3 Å². The van der Waals surface area contributed by atoms with Gasteiger partial charge in [0, 0.05) is 19.8 Å². The molecule has 1 aromatic rings. The second-order valence-corrected chi connectivity index (χ2v) is 6.01. The van der Waals surface area contributed by atoms with E-state index in [9.17, 15) is 8.42 Å². The Kier molecular flexibility index (Phi) is 4.33. The fourth-order valence-corrected chi connectivity index (χ4v) is 2.06. The highest BCUT2D eigenvalue weighted by molar-refractivity contribution is 7.90. The summed E-state index contributed by atoms with van der Waals surface area (Å²) < 4.78 is 23.8. The van der Waals surface area contributed by atoms with Crippen LogP contribution in [0.3, 0.4) is 0 Å². The Bertz CT molecular complexity index is 419. The first-order chi connectivity index (χ1) is 6.95. The molecule has 0 bridgehead atoms. The van der Waals surface area contributed by atoms with Crippen LogP contribution in [0.2, 0.25) is 5.15 Å². The van der Waals surface area contributed by atoms with Crippen LogP contribution in [0.15, 0.2) is 18.3 Å². The van der Waals surface area contributed by atoms with Crippen molar-refractivity contribution in [3.05, 3.63) is 29.0 Å². The fraction of sp³-hybridized carbons (Fsp3) is 0.375.